The first-order valence-corrected chi connectivity index (χ1v) is 8.44. The predicted octanol–water partition coefficient (Wildman–Crippen LogP) is 3.79. The third-order valence-electron chi connectivity index (χ3n) is 5.41. The van der Waals surface area contributed by atoms with Crippen molar-refractivity contribution < 1.29 is 0 Å². The van der Waals surface area contributed by atoms with Crippen LogP contribution in [0.3, 0.4) is 0 Å². The van der Waals surface area contributed by atoms with Crippen LogP contribution in [-0.4, -0.2) is 29.6 Å². The minimum absolute atomic E-state index is 0.470. The van der Waals surface area contributed by atoms with Gasteiger partial charge >= 0.3 is 0 Å². The number of hydrogen-bond donors (Lipinski definition) is 1. The van der Waals surface area contributed by atoms with E-state index in [9.17, 15) is 0 Å². The van der Waals surface area contributed by atoms with Crippen LogP contribution in [0, 0.1) is 11.3 Å². The molecule has 2 heteroatoms. The Kier molecular flexibility index (Phi) is 4.94. The molecule has 0 aromatic carbocycles. The van der Waals surface area contributed by atoms with Gasteiger partial charge in [0.2, 0.25) is 0 Å². The molecule has 2 aliphatic rings. The first kappa shape index (κ1) is 15.3. The number of hydrogen-bond acceptors (Lipinski definition) is 2. The molecule has 2 aliphatic carbocycles. The zero-order valence-corrected chi connectivity index (χ0v) is 13.5. The minimum atomic E-state index is 0.470. The second-order valence-corrected chi connectivity index (χ2v) is 7.92. The molecule has 19 heavy (non-hydrogen) atoms. The second kappa shape index (κ2) is 6.13. The molecule has 2 nitrogen and oxygen atoms in total. The van der Waals surface area contributed by atoms with Gasteiger partial charge in [-0.05, 0) is 62.8 Å². The maximum atomic E-state index is 6.08. The molecular weight excluding hydrogens is 232 g/mol. The predicted molar refractivity (Wildman–Crippen MR) is 83.2 cm³/mol. The van der Waals surface area contributed by atoms with E-state index >= 15 is 0 Å². The van der Waals surface area contributed by atoms with E-state index in [0.717, 1.165) is 18.0 Å². The lowest BCUT2D eigenvalue weighted by Crippen LogP contribution is -2.47. The van der Waals surface area contributed by atoms with Gasteiger partial charge in [-0.1, -0.05) is 27.7 Å². The van der Waals surface area contributed by atoms with Crippen molar-refractivity contribution in [1.29, 1.82) is 0 Å². The molecule has 2 unspecified atom stereocenters. The van der Waals surface area contributed by atoms with Gasteiger partial charge in [-0.25, -0.2) is 0 Å². The zero-order chi connectivity index (χ0) is 14.0. The number of rotatable bonds is 4. The van der Waals surface area contributed by atoms with Gasteiger partial charge in [-0.3, -0.25) is 4.90 Å². The highest BCUT2D eigenvalue weighted by Crippen LogP contribution is 2.44. The van der Waals surface area contributed by atoms with Gasteiger partial charge in [0.25, 0.3) is 0 Å². The summed E-state index contributed by atoms with van der Waals surface area (Å²) in [6, 6.07) is 2.09. The molecule has 2 N–H and O–H groups in total. The highest BCUT2D eigenvalue weighted by atomic mass is 15.2. The third kappa shape index (κ3) is 3.72. The van der Waals surface area contributed by atoms with Gasteiger partial charge in [0.05, 0.1) is 0 Å². The fraction of sp³-hybridized carbons (Fsp3) is 1.00. The van der Waals surface area contributed by atoms with Crippen LogP contribution in [0.2, 0.25) is 0 Å². The minimum Gasteiger partial charge on any atom is -0.328 e. The first-order valence-electron chi connectivity index (χ1n) is 8.44. The Balaban J connectivity index is 2.03. The van der Waals surface area contributed by atoms with E-state index in [2.05, 4.69) is 32.6 Å². The van der Waals surface area contributed by atoms with Crippen molar-refractivity contribution in [3.63, 3.8) is 0 Å². The Hall–Kier alpha value is -0.0800. The molecule has 0 aromatic heterocycles. The highest BCUT2D eigenvalue weighted by molar-refractivity contribution is 4.95. The van der Waals surface area contributed by atoms with Gasteiger partial charge in [-0.15, -0.1) is 0 Å². The summed E-state index contributed by atoms with van der Waals surface area (Å²) in [7, 11) is 0. The molecule has 2 atom stereocenters. The molecule has 2 rings (SSSR count). The van der Waals surface area contributed by atoms with E-state index in [4.69, 9.17) is 5.73 Å². The van der Waals surface area contributed by atoms with Gasteiger partial charge < -0.3 is 5.73 Å². The Morgan fingerprint density at radius 3 is 2.21 bits per heavy atom. The maximum absolute atomic E-state index is 6.08. The fourth-order valence-corrected chi connectivity index (χ4v) is 4.61. The molecule has 0 radical (unpaired) electrons. The summed E-state index contributed by atoms with van der Waals surface area (Å²) >= 11 is 0. The van der Waals surface area contributed by atoms with E-state index in [1.165, 1.54) is 51.5 Å². The summed E-state index contributed by atoms with van der Waals surface area (Å²) in [5, 5.41) is 0. The third-order valence-corrected chi connectivity index (χ3v) is 5.41. The lowest BCUT2D eigenvalue weighted by molar-refractivity contribution is 0.0792. The quantitative estimate of drug-likeness (QED) is 0.839. The van der Waals surface area contributed by atoms with E-state index in [1.807, 2.05) is 0 Å². The van der Waals surface area contributed by atoms with Crippen molar-refractivity contribution in [1.82, 2.24) is 4.90 Å². The van der Waals surface area contributed by atoms with E-state index in [0.29, 0.717) is 11.5 Å². The van der Waals surface area contributed by atoms with Crippen LogP contribution in [0.5, 0.6) is 0 Å². The number of nitrogens with zero attached hydrogens (tertiary/aromatic N) is 1. The second-order valence-electron chi connectivity index (χ2n) is 7.92. The molecule has 2 fully saturated rings. The highest BCUT2D eigenvalue weighted by Gasteiger charge is 2.41. The Morgan fingerprint density at radius 2 is 1.74 bits per heavy atom. The zero-order valence-electron chi connectivity index (χ0n) is 13.5. The molecule has 0 bridgehead atoms. The van der Waals surface area contributed by atoms with Crippen LogP contribution in [0.1, 0.15) is 72.6 Å². The van der Waals surface area contributed by atoms with Crippen LogP contribution < -0.4 is 5.73 Å². The van der Waals surface area contributed by atoms with Crippen molar-refractivity contribution >= 4 is 0 Å². The van der Waals surface area contributed by atoms with Crippen molar-refractivity contribution in [2.24, 2.45) is 17.1 Å². The van der Waals surface area contributed by atoms with Gasteiger partial charge in [0.15, 0.2) is 0 Å². The smallest absolute Gasteiger partial charge is 0.0129 e. The molecule has 2 saturated carbocycles. The molecule has 112 valence electrons. The van der Waals surface area contributed by atoms with Crippen LogP contribution in [0.25, 0.3) is 0 Å². The lowest BCUT2D eigenvalue weighted by Gasteiger charge is -2.41. The fourth-order valence-electron chi connectivity index (χ4n) is 4.61. The average Bonchev–Trinajstić information content (AvgIpc) is 2.61. The average molecular weight is 266 g/mol. The first-order chi connectivity index (χ1) is 8.93. The van der Waals surface area contributed by atoms with E-state index < -0.39 is 0 Å². The standard InChI is InChI=1S/C17H34N2/c1-5-10-19(15-8-6-14(18)7-9-15)16-12-17(3,4)11-13(16)2/h13-16H,5-12,18H2,1-4H3. The van der Waals surface area contributed by atoms with Gasteiger partial charge in [0, 0.05) is 18.1 Å². The largest absolute Gasteiger partial charge is 0.328 e. The summed E-state index contributed by atoms with van der Waals surface area (Å²) in [4.78, 5) is 2.87. The summed E-state index contributed by atoms with van der Waals surface area (Å²) in [5.41, 5.74) is 6.62. The van der Waals surface area contributed by atoms with Gasteiger partial charge in [-0.2, -0.15) is 0 Å². The topological polar surface area (TPSA) is 29.3 Å². The summed E-state index contributed by atoms with van der Waals surface area (Å²) < 4.78 is 0. The molecule has 0 spiro atoms. The Bertz CT molecular complexity index is 279. The Morgan fingerprint density at radius 1 is 1.11 bits per heavy atom. The molecule has 0 amide bonds. The summed E-state index contributed by atoms with van der Waals surface area (Å²) in [6.45, 7) is 11.0. The molecular formula is C17H34N2. The normalized spacial score (nSPS) is 38.8. The van der Waals surface area contributed by atoms with Crippen LogP contribution >= 0.6 is 0 Å². The van der Waals surface area contributed by atoms with Crippen molar-refractivity contribution in [2.75, 3.05) is 6.54 Å². The maximum Gasteiger partial charge on any atom is 0.0129 e. The van der Waals surface area contributed by atoms with Crippen molar-refractivity contribution in [2.45, 2.75) is 90.8 Å². The monoisotopic (exact) mass is 266 g/mol. The SMILES string of the molecule is CCCN(C1CCC(N)CC1)C1CC(C)(C)CC1C. The molecule has 0 aliphatic heterocycles. The van der Waals surface area contributed by atoms with Gasteiger partial charge in [0.1, 0.15) is 0 Å². The van der Waals surface area contributed by atoms with E-state index in [-0.39, 0.29) is 0 Å². The van der Waals surface area contributed by atoms with Crippen LogP contribution in [0.15, 0.2) is 0 Å². The molecule has 0 saturated heterocycles. The Labute approximate surface area is 120 Å². The van der Waals surface area contributed by atoms with Crippen molar-refractivity contribution in [3.8, 4) is 0 Å². The summed E-state index contributed by atoms with van der Waals surface area (Å²) in [6.07, 6.45) is 9.17. The van der Waals surface area contributed by atoms with Crippen LogP contribution in [-0.2, 0) is 0 Å². The van der Waals surface area contributed by atoms with Crippen molar-refractivity contribution in [3.05, 3.63) is 0 Å². The van der Waals surface area contributed by atoms with E-state index in [1.54, 1.807) is 0 Å². The van der Waals surface area contributed by atoms with Crippen LogP contribution in [0.4, 0.5) is 0 Å². The summed E-state index contributed by atoms with van der Waals surface area (Å²) in [5.74, 6) is 0.858. The lowest BCUT2D eigenvalue weighted by atomic mass is 9.88. The molecule has 0 aromatic rings. The molecule has 0 heterocycles. The number of nitrogens with two attached hydrogens (primary N) is 1.